The van der Waals surface area contributed by atoms with Crippen LogP contribution in [0, 0.1) is 10.1 Å². The van der Waals surface area contributed by atoms with Gasteiger partial charge in [-0.2, -0.15) is 0 Å². The molecule has 0 atom stereocenters. The third-order valence-electron chi connectivity index (χ3n) is 3.30. The van der Waals surface area contributed by atoms with Crippen molar-refractivity contribution in [2.24, 2.45) is 5.73 Å². The number of nitrogens with zero attached hydrogens (tertiary/aromatic N) is 2. The molecule has 0 saturated carbocycles. The van der Waals surface area contributed by atoms with Gasteiger partial charge >= 0.3 is 0 Å². The summed E-state index contributed by atoms with van der Waals surface area (Å²) < 4.78 is 0. The van der Waals surface area contributed by atoms with Crippen molar-refractivity contribution in [3.05, 3.63) is 33.9 Å². The Bertz CT molecular complexity index is 515. The van der Waals surface area contributed by atoms with Crippen molar-refractivity contribution in [2.75, 3.05) is 18.8 Å². The topological polar surface area (TPSA) is 115 Å². The van der Waals surface area contributed by atoms with Crippen LogP contribution in [0.25, 0.3) is 0 Å². The zero-order valence-electron chi connectivity index (χ0n) is 10.8. The van der Waals surface area contributed by atoms with Crippen molar-refractivity contribution >= 4 is 29.7 Å². The Labute approximate surface area is 122 Å². The van der Waals surface area contributed by atoms with Crippen LogP contribution in [0.5, 0.6) is 0 Å². The molecule has 1 aliphatic rings. The van der Waals surface area contributed by atoms with Gasteiger partial charge in [-0.1, -0.05) is 0 Å². The zero-order chi connectivity index (χ0) is 14.0. The molecule has 7 nitrogen and oxygen atoms in total. The molecule has 0 radical (unpaired) electrons. The minimum atomic E-state index is -0.539. The normalized spacial score (nSPS) is 15.6. The number of carbonyl (C=O) groups excluding carboxylic acids is 1. The fraction of sp³-hybridized carbons (Fsp3) is 0.417. The largest absolute Gasteiger partial charge is 0.398 e. The maximum absolute atomic E-state index is 12.3. The van der Waals surface area contributed by atoms with Gasteiger partial charge in [-0.25, -0.2) is 0 Å². The van der Waals surface area contributed by atoms with Crippen LogP contribution in [-0.4, -0.2) is 34.9 Å². The number of non-ortho nitro benzene ring substituents is 1. The number of amides is 1. The van der Waals surface area contributed by atoms with Gasteiger partial charge < -0.3 is 16.4 Å². The first kappa shape index (κ1) is 16.2. The highest BCUT2D eigenvalue weighted by Crippen LogP contribution is 2.22. The molecule has 1 aromatic rings. The number of likely N-dealkylation sites (tertiary alicyclic amines) is 1. The summed E-state index contributed by atoms with van der Waals surface area (Å²) in [6.07, 6.45) is 1.47. The molecule has 1 amide bonds. The summed E-state index contributed by atoms with van der Waals surface area (Å²) in [5.41, 5.74) is 11.8. The Hall–Kier alpha value is -1.86. The number of piperidine rings is 1. The Morgan fingerprint density at radius 2 is 1.95 bits per heavy atom. The van der Waals surface area contributed by atoms with Gasteiger partial charge in [-0.05, 0) is 18.9 Å². The Morgan fingerprint density at radius 3 is 2.50 bits per heavy atom. The number of nitro benzene ring substituents is 1. The second kappa shape index (κ2) is 6.53. The number of anilines is 1. The number of nitrogen functional groups attached to an aromatic ring is 1. The van der Waals surface area contributed by atoms with Crippen LogP contribution < -0.4 is 11.5 Å². The average molecular weight is 301 g/mol. The number of carbonyl (C=O) groups is 1. The van der Waals surface area contributed by atoms with Crippen molar-refractivity contribution in [3.63, 3.8) is 0 Å². The number of hydrogen-bond acceptors (Lipinski definition) is 5. The van der Waals surface area contributed by atoms with E-state index in [4.69, 9.17) is 11.5 Å². The molecule has 1 fully saturated rings. The standard InChI is InChI=1S/C12H16N4O3.ClH/c13-8-3-5-15(6-4-8)12(17)10-7-9(16(18)19)1-2-11(10)14;/h1-2,7-8H,3-6,13-14H2;1H. The number of nitrogens with two attached hydrogens (primary N) is 2. The smallest absolute Gasteiger partial charge is 0.270 e. The van der Waals surface area contributed by atoms with E-state index in [-0.39, 0.29) is 41.3 Å². The monoisotopic (exact) mass is 300 g/mol. The second-order valence-corrected chi connectivity index (χ2v) is 4.66. The quantitative estimate of drug-likeness (QED) is 0.483. The van der Waals surface area contributed by atoms with E-state index >= 15 is 0 Å². The van der Waals surface area contributed by atoms with Crippen LogP contribution in [0.4, 0.5) is 11.4 Å². The summed E-state index contributed by atoms with van der Waals surface area (Å²) in [4.78, 5) is 24.1. The van der Waals surface area contributed by atoms with Crippen molar-refractivity contribution in [1.29, 1.82) is 0 Å². The van der Waals surface area contributed by atoms with Gasteiger partial charge in [-0.3, -0.25) is 14.9 Å². The molecule has 0 aliphatic carbocycles. The zero-order valence-corrected chi connectivity index (χ0v) is 11.6. The van der Waals surface area contributed by atoms with E-state index in [1.54, 1.807) is 4.90 Å². The molecule has 2 rings (SSSR count). The maximum atomic E-state index is 12.3. The molecule has 1 aromatic carbocycles. The van der Waals surface area contributed by atoms with Crippen molar-refractivity contribution in [1.82, 2.24) is 4.90 Å². The molecular formula is C12H17ClN4O3. The van der Waals surface area contributed by atoms with Crippen LogP contribution in [-0.2, 0) is 0 Å². The predicted octanol–water partition coefficient (Wildman–Crippen LogP) is 1.16. The van der Waals surface area contributed by atoms with Gasteiger partial charge in [-0.15, -0.1) is 12.4 Å². The molecule has 0 unspecified atom stereocenters. The minimum absolute atomic E-state index is 0. The molecule has 4 N–H and O–H groups in total. The molecule has 110 valence electrons. The van der Waals surface area contributed by atoms with E-state index in [0.717, 1.165) is 12.8 Å². The third-order valence-corrected chi connectivity index (χ3v) is 3.30. The lowest BCUT2D eigenvalue weighted by molar-refractivity contribution is -0.384. The molecule has 8 heteroatoms. The van der Waals surface area contributed by atoms with E-state index in [1.165, 1.54) is 18.2 Å². The summed E-state index contributed by atoms with van der Waals surface area (Å²) in [7, 11) is 0. The maximum Gasteiger partial charge on any atom is 0.270 e. The Kier molecular flexibility index (Phi) is 5.29. The van der Waals surface area contributed by atoms with Crippen LogP contribution in [0.1, 0.15) is 23.2 Å². The first-order valence-electron chi connectivity index (χ1n) is 6.08. The first-order chi connectivity index (χ1) is 8.99. The molecule has 0 aromatic heterocycles. The SMILES string of the molecule is Cl.Nc1ccc([N+](=O)[O-])cc1C(=O)N1CCC(N)CC1. The number of rotatable bonds is 2. The lowest BCUT2D eigenvalue weighted by Gasteiger charge is -2.30. The van der Waals surface area contributed by atoms with Gasteiger partial charge in [0.15, 0.2) is 0 Å². The summed E-state index contributed by atoms with van der Waals surface area (Å²) >= 11 is 0. The van der Waals surface area contributed by atoms with Crippen molar-refractivity contribution < 1.29 is 9.72 Å². The molecule has 0 bridgehead atoms. The van der Waals surface area contributed by atoms with Crippen LogP contribution in [0.15, 0.2) is 18.2 Å². The van der Waals surface area contributed by atoms with Gasteiger partial charge in [0.05, 0.1) is 10.5 Å². The molecule has 1 heterocycles. The third kappa shape index (κ3) is 3.37. The van der Waals surface area contributed by atoms with E-state index in [9.17, 15) is 14.9 Å². The summed E-state index contributed by atoms with van der Waals surface area (Å²) in [6.45, 7) is 1.12. The molecular weight excluding hydrogens is 284 g/mol. The lowest BCUT2D eigenvalue weighted by Crippen LogP contribution is -2.43. The Morgan fingerprint density at radius 1 is 1.35 bits per heavy atom. The number of benzene rings is 1. The van der Waals surface area contributed by atoms with Gasteiger partial charge in [0.2, 0.25) is 0 Å². The number of hydrogen-bond donors (Lipinski definition) is 2. The van der Waals surface area contributed by atoms with E-state index in [1.807, 2.05) is 0 Å². The summed E-state index contributed by atoms with van der Waals surface area (Å²) in [5.74, 6) is -0.270. The van der Waals surface area contributed by atoms with Crippen LogP contribution in [0.3, 0.4) is 0 Å². The molecule has 1 saturated heterocycles. The molecule has 0 spiro atoms. The highest BCUT2D eigenvalue weighted by molar-refractivity contribution is 5.99. The summed E-state index contributed by atoms with van der Waals surface area (Å²) in [5, 5.41) is 10.7. The van der Waals surface area contributed by atoms with Crippen molar-refractivity contribution in [3.8, 4) is 0 Å². The number of halogens is 1. The Balaban J connectivity index is 0.00000200. The van der Waals surface area contributed by atoms with E-state index < -0.39 is 4.92 Å². The number of nitro groups is 1. The van der Waals surface area contributed by atoms with E-state index in [2.05, 4.69) is 0 Å². The van der Waals surface area contributed by atoms with E-state index in [0.29, 0.717) is 13.1 Å². The predicted molar refractivity (Wildman–Crippen MR) is 77.9 cm³/mol. The van der Waals surface area contributed by atoms with Gasteiger partial charge in [0, 0.05) is 37.0 Å². The first-order valence-corrected chi connectivity index (χ1v) is 6.08. The van der Waals surface area contributed by atoms with Crippen LogP contribution >= 0.6 is 12.4 Å². The highest BCUT2D eigenvalue weighted by Gasteiger charge is 2.24. The average Bonchev–Trinajstić information content (AvgIpc) is 2.39. The van der Waals surface area contributed by atoms with Gasteiger partial charge in [0.25, 0.3) is 11.6 Å². The molecule has 20 heavy (non-hydrogen) atoms. The second-order valence-electron chi connectivity index (χ2n) is 4.66. The lowest BCUT2D eigenvalue weighted by atomic mass is 10.0. The summed E-state index contributed by atoms with van der Waals surface area (Å²) in [6, 6.07) is 4.03. The fourth-order valence-electron chi connectivity index (χ4n) is 2.12. The highest BCUT2D eigenvalue weighted by atomic mass is 35.5. The van der Waals surface area contributed by atoms with Gasteiger partial charge in [0.1, 0.15) is 0 Å². The minimum Gasteiger partial charge on any atom is -0.398 e. The van der Waals surface area contributed by atoms with Crippen LogP contribution in [0.2, 0.25) is 0 Å². The molecule has 1 aliphatic heterocycles. The van der Waals surface area contributed by atoms with Crippen molar-refractivity contribution in [2.45, 2.75) is 18.9 Å². The fourth-order valence-corrected chi connectivity index (χ4v) is 2.12.